The number of nitriles is 1. The zero-order valence-electron chi connectivity index (χ0n) is 10.3. The van der Waals surface area contributed by atoms with Gasteiger partial charge in [0.2, 0.25) is 5.96 Å². The molecule has 0 aliphatic heterocycles. The highest BCUT2D eigenvalue weighted by molar-refractivity contribution is 5.80. The van der Waals surface area contributed by atoms with E-state index in [-0.39, 0.29) is 0 Å². The molecule has 2 N–H and O–H groups in total. The molecule has 1 rings (SSSR count). The van der Waals surface area contributed by atoms with Crippen molar-refractivity contribution < 1.29 is 4.74 Å². The van der Waals surface area contributed by atoms with E-state index in [1.54, 1.807) is 31.7 Å². The van der Waals surface area contributed by atoms with Crippen LogP contribution in [0.1, 0.15) is 12.2 Å². The summed E-state index contributed by atoms with van der Waals surface area (Å²) >= 11 is 0. The molecule has 0 aliphatic carbocycles. The predicted molar refractivity (Wildman–Crippen MR) is 66.4 cm³/mol. The molecule has 1 aromatic rings. The monoisotopic (exact) mass is 248 g/mol. The summed E-state index contributed by atoms with van der Waals surface area (Å²) in [4.78, 5) is 11.9. The normalized spacial score (nSPS) is 10.8. The van der Waals surface area contributed by atoms with E-state index in [2.05, 4.69) is 25.6 Å². The van der Waals surface area contributed by atoms with Crippen molar-refractivity contribution in [2.45, 2.75) is 13.0 Å². The summed E-state index contributed by atoms with van der Waals surface area (Å²) in [6, 6.07) is 1.77. The van der Waals surface area contributed by atoms with Crippen LogP contribution in [0.4, 0.5) is 0 Å². The fraction of sp³-hybridized carbons (Fsp3) is 0.455. The summed E-state index contributed by atoms with van der Waals surface area (Å²) in [5, 5.41) is 13.8. The lowest BCUT2D eigenvalue weighted by atomic mass is 10.4. The quantitative estimate of drug-likeness (QED) is 0.242. The van der Waals surface area contributed by atoms with Gasteiger partial charge in [0.1, 0.15) is 6.61 Å². The molecule has 0 aliphatic rings. The van der Waals surface area contributed by atoms with Gasteiger partial charge in [-0.25, -0.2) is 9.97 Å². The Hall–Kier alpha value is -2.20. The first-order chi connectivity index (χ1) is 8.86. The van der Waals surface area contributed by atoms with Crippen LogP contribution in [-0.2, 0) is 11.3 Å². The lowest BCUT2D eigenvalue weighted by Gasteiger charge is -2.07. The van der Waals surface area contributed by atoms with Gasteiger partial charge in [-0.3, -0.25) is 10.3 Å². The van der Waals surface area contributed by atoms with Gasteiger partial charge in [-0.15, -0.1) is 0 Å². The minimum absolute atomic E-state index is 0.409. The summed E-state index contributed by atoms with van der Waals surface area (Å²) in [6.07, 6.45) is 5.98. The van der Waals surface area contributed by atoms with E-state index >= 15 is 0 Å². The average Bonchev–Trinajstić information content (AvgIpc) is 2.42. The van der Waals surface area contributed by atoms with E-state index < -0.39 is 0 Å². The Kier molecular flexibility index (Phi) is 6.85. The van der Waals surface area contributed by atoms with E-state index in [1.807, 2.05) is 0 Å². The van der Waals surface area contributed by atoms with Crippen LogP contribution >= 0.6 is 0 Å². The molecule has 18 heavy (non-hydrogen) atoms. The number of guanidine groups is 1. The summed E-state index contributed by atoms with van der Waals surface area (Å²) in [7, 11) is 1.61. The number of hydrogen-bond acceptors (Lipinski definition) is 5. The lowest BCUT2D eigenvalue weighted by Crippen LogP contribution is -2.35. The second kappa shape index (κ2) is 8.90. The van der Waals surface area contributed by atoms with Crippen molar-refractivity contribution in [1.29, 1.82) is 5.26 Å². The topological polar surface area (TPSA) is 95.2 Å². The minimum Gasteiger partial charge on any atom is -0.373 e. The van der Waals surface area contributed by atoms with Gasteiger partial charge in [0, 0.05) is 32.6 Å². The fourth-order valence-corrected chi connectivity index (χ4v) is 1.18. The highest BCUT2D eigenvalue weighted by atomic mass is 16.5. The Morgan fingerprint density at radius 1 is 1.50 bits per heavy atom. The maximum Gasteiger partial charge on any atom is 0.204 e. The van der Waals surface area contributed by atoms with Crippen LogP contribution in [0.25, 0.3) is 0 Å². The summed E-state index contributed by atoms with van der Waals surface area (Å²) < 4.78 is 5.40. The highest BCUT2D eigenvalue weighted by Gasteiger charge is 1.96. The molecule has 0 spiro atoms. The Labute approximate surface area is 106 Å². The standard InChI is InChI=1S/C11H16N6O/c1-13-11(17-9-12)16-6-3-7-18-8-10-14-4-2-5-15-10/h2,4-5H,3,6-8H2,1H3,(H2,13,16,17). The third-order valence-corrected chi connectivity index (χ3v) is 2.01. The molecule has 1 heterocycles. The maximum absolute atomic E-state index is 8.41. The second-order valence-electron chi connectivity index (χ2n) is 3.31. The molecule has 0 radical (unpaired) electrons. The molecular formula is C11H16N6O. The van der Waals surface area contributed by atoms with Crippen molar-refractivity contribution in [3.8, 4) is 6.19 Å². The summed E-state index contributed by atoms with van der Waals surface area (Å²) in [5.74, 6) is 1.14. The van der Waals surface area contributed by atoms with Gasteiger partial charge in [-0.1, -0.05) is 0 Å². The number of ether oxygens (including phenoxy) is 1. The highest BCUT2D eigenvalue weighted by Crippen LogP contribution is 1.92. The van der Waals surface area contributed by atoms with E-state index in [0.717, 1.165) is 6.42 Å². The maximum atomic E-state index is 8.41. The number of nitrogens with one attached hydrogen (secondary N) is 2. The van der Waals surface area contributed by atoms with Gasteiger partial charge in [0.15, 0.2) is 12.0 Å². The largest absolute Gasteiger partial charge is 0.373 e. The number of nitrogens with zero attached hydrogens (tertiary/aromatic N) is 4. The van der Waals surface area contributed by atoms with E-state index in [0.29, 0.717) is 31.5 Å². The third kappa shape index (κ3) is 5.77. The smallest absolute Gasteiger partial charge is 0.204 e. The number of hydrogen-bond donors (Lipinski definition) is 2. The second-order valence-corrected chi connectivity index (χ2v) is 3.31. The van der Waals surface area contributed by atoms with Crippen LogP contribution in [0.2, 0.25) is 0 Å². The van der Waals surface area contributed by atoms with Crippen molar-refractivity contribution in [1.82, 2.24) is 20.6 Å². The van der Waals surface area contributed by atoms with Crippen molar-refractivity contribution >= 4 is 5.96 Å². The first-order valence-corrected chi connectivity index (χ1v) is 5.56. The van der Waals surface area contributed by atoms with Crippen LogP contribution < -0.4 is 10.6 Å². The van der Waals surface area contributed by atoms with Crippen LogP contribution in [-0.4, -0.2) is 36.1 Å². The van der Waals surface area contributed by atoms with Crippen LogP contribution in [0, 0.1) is 11.5 Å². The van der Waals surface area contributed by atoms with Crippen LogP contribution in [0.3, 0.4) is 0 Å². The number of rotatable bonds is 6. The number of aromatic nitrogens is 2. The Bertz CT molecular complexity index is 400. The molecule has 0 atom stereocenters. The molecule has 0 fully saturated rings. The first-order valence-electron chi connectivity index (χ1n) is 5.56. The molecule has 96 valence electrons. The zero-order valence-corrected chi connectivity index (χ0v) is 10.3. The molecule has 1 aromatic heterocycles. The molecule has 0 aromatic carbocycles. The van der Waals surface area contributed by atoms with Gasteiger partial charge in [0.25, 0.3) is 0 Å². The van der Waals surface area contributed by atoms with Crippen molar-refractivity contribution in [2.24, 2.45) is 4.99 Å². The van der Waals surface area contributed by atoms with Gasteiger partial charge in [-0.2, -0.15) is 5.26 Å². The van der Waals surface area contributed by atoms with E-state index in [4.69, 9.17) is 10.00 Å². The Morgan fingerprint density at radius 3 is 2.94 bits per heavy atom. The van der Waals surface area contributed by atoms with Gasteiger partial charge in [-0.05, 0) is 12.5 Å². The minimum atomic E-state index is 0.409. The SMILES string of the molecule is CN=C(NC#N)NCCCOCc1ncccn1. The van der Waals surface area contributed by atoms with E-state index in [9.17, 15) is 0 Å². The molecule has 0 unspecified atom stereocenters. The summed E-state index contributed by atoms with van der Waals surface area (Å²) in [6.45, 7) is 1.68. The van der Waals surface area contributed by atoms with Crippen molar-refractivity contribution in [3.05, 3.63) is 24.3 Å². The van der Waals surface area contributed by atoms with Gasteiger partial charge < -0.3 is 10.1 Å². The Balaban J connectivity index is 2.04. The van der Waals surface area contributed by atoms with Gasteiger partial charge >= 0.3 is 0 Å². The van der Waals surface area contributed by atoms with Crippen LogP contribution in [0.5, 0.6) is 0 Å². The molecule has 0 saturated carbocycles. The van der Waals surface area contributed by atoms with Crippen molar-refractivity contribution in [2.75, 3.05) is 20.2 Å². The zero-order chi connectivity index (χ0) is 13.1. The Morgan fingerprint density at radius 2 is 2.28 bits per heavy atom. The molecule has 7 nitrogen and oxygen atoms in total. The molecule has 0 bridgehead atoms. The van der Waals surface area contributed by atoms with Crippen LogP contribution in [0.15, 0.2) is 23.5 Å². The van der Waals surface area contributed by atoms with Gasteiger partial charge in [0.05, 0.1) is 0 Å². The average molecular weight is 248 g/mol. The lowest BCUT2D eigenvalue weighted by molar-refractivity contribution is 0.114. The fourth-order valence-electron chi connectivity index (χ4n) is 1.18. The molecule has 7 heteroatoms. The third-order valence-electron chi connectivity index (χ3n) is 2.01. The molecule has 0 amide bonds. The van der Waals surface area contributed by atoms with Crippen molar-refractivity contribution in [3.63, 3.8) is 0 Å². The predicted octanol–water partition coefficient (Wildman–Crippen LogP) is 0.0294. The molecule has 0 saturated heterocycles. The number of aliphatic imine (C=N–C) groups is 1. The first kappa shape index (κ1) is 13.9. The summed E-state index contributed by atoms with van der Waals surface area (Å²) in [5.41, 5.74) is 0. The van der Waals surface area contributed by atoms with E-state index in [1.165, 1.54) is 0 Å². The molecular weight excluding hydrogens is 232 g/mol.